The lowest BCUT2D eigenvalue weighted by Gasteiger charge is -2.11. The van der Waals surface area contributed by atoms with Crippen molar-refractivity contribution in [1.82, 2.24) is 5.32 Å². The minimum Gasteiger partial charge on any atom is -0.465 e. The third kappa shape index (κ3) is 4.16. The smallest absolute Gasteiger partial charge is 0.341 e. The van der Waals surface area contributed by atoms with Crippen LogP contribution in [0.4, 0.5) is 9.39 Å². The van der Waals surface area contributed by atoms with Crippen LogP contribution in [0.15, 0.2) is 24.3 Å². The number of ether oxygens (including phenoxy) is 1. The molecule has 2 aromatic rings. The van der Waals surface area contributed by atoms with Crippen molar-refractivity contribution in [2.45, 2.75) is 25.7 Å². The number of anilines is 1. The van der Waals surface area contributed by atoms with Crippen LogP contribution in [0, 0.1) is 5.82 Å². The first kappa shape index (κ1) is 17.8. The van der Waals surface area contributed by atoms with Gasteiger partial charge in [0.15, 0.2) is 5.11 Å². The molecule has 0 radical (unpaired) electrons. The van der Waals surface area contributed by atoms with Gasteiger partial charge in [-0.3, -0.25) is 0 Å². The standard InChI is InChI=1S/C18H19FN2O2S2/c1-23-17(22)15-13-3-2-4-14(13)25-16(15)21-18(24)20-10-9-11-5-7-12(19)8-6-11/h5-8H,2-4,9-10H2,1H3,(H2,20,21,24). The normalized spacial score (nSPS) is 12.6. The first-order valence-electron chi connectivity index (χ1n) is 8.10. The summed E-state index contributed by atoms with van der Waals surface area (Å²) in [6.07, 6.45) is 3.71. The maximum atomic E-state index is 12.9. The Balaban J connectivity index is 1.59. The van der Waals surface area contributed by atoms with E-state index in [1.165, 1.54) is 24.1 Å². The summed E-state index contributed by atoms with van der Waals surface area (Å²) < 4.78 is 17.8. The zero-order chi connectivity index (χ0) is 17.8. The average Bonchev–Trinajstić information content (AvgIpc) is 3.16. The Morgan fingerprint density at radius 2 is 2.08 bits per heavy atom. The highest BCUT2D eigenvalue weighted by molar-refractivity contribution is 7.80. The van der Waals surface area contributed by atoms with Crippen LogP contribution >= 0.6 is 23.6 Å². The molecule has 0 spiro atoms. The van der Waals surface area contributed by atoms with Gasteiger partial charge < -0.3 is 15.4 Å². The van der Waals surface area contributed by atoms with Gasteiger partial charge in [0, 0.05) is 11.4 Å². The van der Waals surface area contributed by atoms with Crippen LogP contribution in [-0.2, 0) is 24.0 Å². The van der Waals surface area contributed by atoms with Crippen molar-refractivity contribution in [3.8, 4) is 0 Å². The van der Waals surface area contributed by atoms with Gasteiger partial charge in [-0.05, 0) is 61.2 Å². The highest BCUT2D eigenvalue weighted by Crippen LogP contribution is 2.39. The van der Waals surface area contributed by atoms with Crippen molar-refractivity contribution in [3.05, 3.63) is 51.7 Å². The van der Waals surface area contributed by atoms with Gasteiger partial charge in [0.2, 0.25) is 0 Å². The van der Waals surface area contributed by atoms with Crippen molar-refractivity contribution in [1.29, 1.82) is 0 Å². The van der Waals surface area contributed by atoms with Crippen molar-refractivity contribution >= 4 is 39.6 Å². The second kappa shape index (κ2) is 7.93. The number of benzene rings is 1. The summed E-state index contributed by atoms with van der Waals surface area (Å²) in [5.74, 6) is -0.564. The van der Waals surface area contributed by atoms with Crippen LogP contribution < -0.4 is 10.6 Å². The predicted molar refractivity (Wildman–Crippen MR) is 102 cm³/mol. The molecular formula is C18H19FN2O2S2. The summed E-state index contributed by atoms with van der Waals surface area (Å²) in [6, 6.07) is 6.41. The number of nitrogens with one attached hydrogen (secondary N) is 2. The van der Waals surface area contributed by atoms with E-state index in [1.807, 2.05) is 0 Å². The lowest BCUT2D eigenvalue weighted by Crippen LogP contribution is -2.30. The third-order valence-electron chi connectivity index (χ3n) is 4.15. The average molecular weight is 378 g/mol. The van der Waals surface area contributed by atoms with E-state index < -0.39 is 0 Å². The largest absolute Gasteiger partial charge is 0.465 e. The number of aryl methyl sites for hydroxylation is 1. The zero-order valence-electron chi connectivity index (χ0n) is 13.9. The molecule has 0 amide bonds. The van der Waals surface area contributed by atoms with Gasteiger partial charge in [-0.2, -0.15) is 0 Å². The van der Waals surface area contributed by atoms with Crippen LogP contribution in [0.25, 0.3) is 0 Å². The van der Waals surface area contributed by atoms with Gasteiger partial charge in [0.05, 0.1) is 12.7 Å². The van der Waals surface area contributed by atoms with E-state index in [0.717, 1.165) is 41.8 Å². The van der Waals surface area contributed by atoms with Crippen molar-refractivity contribution < 1.29 is 13.9 Å². The quantitative estimate of drug-likeness (QED) is 0.614. The highest BCUT2D eigenvalue weighted by Gasteiger charge is 2.27. The number of hydrogen-bond acceptors (Lipinski definition) is 4. The monoisotopic (exact) mass is 378 g/mol. The van der Waals surface area contributed by atoms with Crippen molar-refractivity contribution in [2.24, 2.45) is 0 Å². The molecule has 2 N–H and O–H groups in total. The molecule has 132 valence electrons. The Kier molecular flexibility index (Phi) is 5.65. The molecule has 4 nitrogen and oxygen atoms in total. The van der Waals surface area contributed by atoms with E-state index in [9.17, 15) is 9.18 Å². The Bertz CT molecular complexity index is 787. The first-order chi connectivity index (χ1) is 12.1. The maximum absolute atomic E-state index is 12.9. The molecule has 0 aliphatic heterocycles. The second-order valence-corrected chi connectivity index (χ2v) is 7.32. The molecule has 1 aliphatic rings. The number of fused-ring (bicyclic) bond motifs is 1. The summed E-state index contributed by atoms with van der Waals surface area (Å²) in [5, 5.41) is 7.46. The van der Waals surface area contributed by atoms with E-state index in [4.69, 9.17) is 17.0 Å². The van der Waals surface area contributed by atoms with Gasteiger partial charge in [-0.15, -0.1) is 11.3 Å². The van der Waals surface area contributed by atoms with Gasteiger partial charge in [-0.25, -0.2) is 9.18 Å². The number of thiocarbonyl (C=S) groups is 1. The summed E-state index contributed by atoms with van der Waals surface area (Å²) in [7, 11) is 1.39. The molecule has 1 aromatic heterocycles. The van der Waals surface area contributed by atoms with Crippen molar-refractivity contribution in [3.63, 3.8) is 0 Å². The Morgan fingerprint density at radius 3 is 2.80 bits per heavy atom. The maximum Gasteiger partial charge on any atom is 0.341 e. The van der Waals surface area contributed by atoms with Crippen LogP contribution in [0.5, 0.6) is 0 Å². The lowest BCUT2D eigenvalue weighted by molar-refractivity contribution is 0.0601. The molecular weight excluding hydrogens is 359 g/mol. The van der Waals surface area contributed by atoms with Gasteiger partial charge in [0.25, 0.3) is 0 Å². The number of esters is 1. The second-order valence-electron chi connectivity index (χ2n) is 5.81. The van der Waals surface area contributed by atoms with E-state index in [1.54, 1.807) is 23.5 Å². The third-order valence-corrected chi connectivity index (χ3v) is 5.60. The summed E-state index contributed by atoms with van der Waals surface area (Å²) in [4.78, 5) is 13.3. The zero-order valence-corrected chi connectivity index (χ0v) is 15.5. The number of carbonyl (C=O) groups is 1. The minimum absolute atomic E-state index is 0.241. The topological polar surface area (TPSA) is 50.4 Å². The fourth-order valence-corrected chi connectivity index (χ4v) is 4.48. The Hall–Kier alpha value is -1.99. The Morgan fingerprint density at radius 1 is 1.32 bits per heavy atom. The molecule has 0 fully saturated rings. The van der Waals surface area contributed by atoms with E-state index in [2.05, 4.69) is 10.6 Å². The molecule has 1 aliphatic carbocycles. The summed E-state index contributed by atoms with van der Waals surface area (Å²) >= 11 is 6.90. The number of halogens is 1. The lowest BCUT2D eigenvalue weighted by atomic mass is 10.1. The number of thiophene rings is 1. The van der Waals surface area contributed by atoms with E-state index in [0.29, 0.717) is 17.2 Å². The molecule has 0 saturated carbocycles. The number of rotatable bonds is 5. The molecule has 0 unspecified atom stereocenters. The van der Waals surface area contributed by atoms with Gasteiger partial charge in [0.1, 0.15) is 10.8 Å². The molecule has 25 heavy (non-hydrogen) atoms. The van der Waals surface area contributed by atoms with Crippen LogP contribution in [0.2, 0.25) is 0 Å². The highest BCUT2D eigenvalue weighted by atomic mass is 32.1. The summed E-state index contributed by atoms with van der Waals surface area (Å²) in [5.41, 5.74) is 2.73. The van der Waals surface area contributed by atoms with E-state index in [-0.39, 0.29) is 11.8 Å². The summed E-state index contributed by atoms with van der Waals surface area (Å²) in [6.45, 7) is 0.621. The minimum atomic E-state index is -0.323. The SMILES string of the molecule is COC(=O)c1c(NC(=S)NCCc2ccc(F)cc2)sc2c1CCC2. The number of carbonyl (C=O) groups excluding carboxylic acids is 1. The van der Waals surface area contributed by atoms with Crippen molar-refractivity contribution in [2.75, 3.05) is 19.0 Å². The fraction of sp³-hybridized carbons (Fsp3) is 0.333. The molecule has 0 atom stereocenters. The van der Waals surface area contributed by atoms with Gasteiger partial charge in [-0.1, -0.05) is 12.1 Å². The molecule has 1 heterocycles. The number of hydrogen-bond donors (Lipinski definition) is 2. The van der Waals surface area contributed by atoms with Crippen LogP contribution in [-0.4, -0.2) is 24.7 Å². The van der Waals surface area contributed by atoms with E-state index >= 15 is 0 Å². The first-order valence-corrected chi connectivity index (χ1v) is 9.33. The molecule has 0 bridgehead atoms. The fourth-order valence-electron chi connectivity index (χ4n) is 2.93. The van der Waals surface area contributed by atoms with Gasteiger partial charge >= 0.3 is 5.97 Å². The predicted octanol–water partition coefficient (Wildman–Crippen LogP) is 3.69. The Labute approximate surface area is 155 Å². The van der Waals surface area contributed by atoms with Crippen LogP contribution in [0.3, 0.4) is 0 Å². The molecule has 3 rings (SSSR count). The molecule has 1 aromatic carbocycles. The molecule has 7 heteroatoms. The van der Waals surface area contributed by atoms with Crippen LogP contribution in [0.1, 0.15) is 32.8 Å². The number of methoxy groups -OCH3 is 1. The molecule has 0 saturated heterocycles.